The first kappa shape index (κ1) is 14.3. The van der Waals surface area contributed by atoms with Crippen molar-refractivity contribution in [1.29, 1.82) is 0 Å². The number of hydrogen-bond acceptors (Lipinski definition) is 2. The highest BCUT2D eigenvalue weighted by molar-refractivity contribution is 6.03. The monoisotopic (exact) mass is 242 g/mol. The largest absolute Gasteiger partial charge is 0.299 e. The molecular weight excluding hydrogens is 219 g/mol. The number of rotatable bonds is 4. The normalized spacial score (nSPS) is 21.2. The van der Waals surface area contributed by atoms with Gasteiger partial charge in [-0.25, -0.2) is 4.39 Å². The first-order valence-corrected chi connectivity index (χ1v) is 6.37. The first-order valence-electron chi connectivity index (χ1n) is 6.37. The van der Waals surface area contributed by atoms with E-state index in [9.17, 15) is 14.0 Å². The summed E-state index contributed by atoms with van der Waals surface area (Å²) in [6.45, 7) is 6.83. The molecule has 0 heterocycles. The van der Waals surface area contributed by atoms with Crippen LogP contribution in [0.4, 0.5) is 4.39 Å². The predicted molar refractivity (Wildman–Crippen MR) is 65.6 cm³/mol. The maximum Gasteiger partial charge on any atom is 0.176 e. The first-order chi connectivity index (χ1) is 7.62. The van der Waals surface area contributed by atoms with Crippen LogP contribution in [0.3, 0.4) is 0 Å². The summed E-state index contributed by atoms with van der Waals surface area (Å²) in [6.07, 6.45) is 3.46. The van der Waals surface area contributed by atoms with Crippen molar-refractivity contribution in [2.24, 2.45) is 11.3 Å². The van der Waals surface area contributed by atoms with Crippen molar-refractivity contribution in [2.45, 2.75) is 65.5 Å². The summed E-state index contributed by atoms with van der Waals surface area (Å²) < 4.78 is 13.3. The molecule has 98 valence electrons. The van der Waals surface area contributed by atoms with Gasteiger partial charge in [0.25, 0.3) is 0 Å². The summed E-state index contributed by atoms with van der Waals surface area (Å²) in [6, 6.07) is 0. The quantitative estimate of drug-likeness (QED) is 0.707. The zero-order valence-corrected chi connectivity index (χ0v) is 11.3. The van der Waals surface area contributed by atoms with Crippen LogP contribution >= 0.6 is 0 Å². The Morgan fingerprint density at radius 2 is 1.71 bits per heavy atom. The number of hydrogen-bond donors (Lipinski definition) is 0. The van der Waals surface area contributed by atoms with E-state index in [1.54, 1.807) is 0 Å². The van der Waals surface area contributed by atoms with Crippen LogP contribution in [0.25, 0.3) is 0 Å². The molecule has 0 aromatic heterocycles. The van der Waals surface area contributed by atoms with Gasteiger partial charge in [-0.1, -0.05) is 13.8 Å². The second-order valence-corrected chi connectivity index (χ2v) is 6.48. The van der Waals surface area contributed by atoms with Crippen LogP contribution in [0.1, 0.15) is 59.8 Å². The van der Waals surface area contributed by atoms with Gasteiger partial charge in [-0.2, -0.15) is 0 Å². The van der Waals surface area contributed by atoms with Gasteiger partial charge in [-0.05, 0) is 44.9 Å². The molecule has 0 saturated heterocycles. The molecule has 0 atom stereocenters. The highest BCUT2D eigenvalue weighted by Gasteiger charge is 2.34. The zero-order valence-electron chi connectivity index (χ0n) is 11.3. The fourth-order valence-electron chi connectivity index (χ4n) is 2.23. The smallest absolute Gasteiger partial charge is 0.176 e. The predicted octanol–water partition coefficient (Wildman–Crippen LogP) is 3.48. The van der Waals surface area contributed by atoms with Crippen LogP contribution < -0.4 is 0 Å². The lowest BCUT2D eigenvalue weighted by Gasteiger charge is -2.33. The van der Waals surface area contributed by atoms with Crippen LogP contribution in [-0.4, -0.2) is 17.2 Å². The third-order valence-corrected chi connectivity index (χ3v) is 3.79. The van der Waals surface area contributed by atoms with Crippen LogP contribution in [-0.2, 0) is 9.59 Å². The Labute approximate surface area is 103 Å². The minimum absolute atomic E-state index is 0.0330. The van der Waals surface area contributed by atoms with Crippen molar-refractivity contribution in [1.82, 2.24) is 0 Å². The van der Waals surface area contributed by atoms with Gasteiger partial charge in [0.1, 0.15) is 5.78 Å². The zero-order chi connectivity index (χ0) is 13.3. The van der Waals surface area contributed by atoms with E-state index >= 15 is 0 Å². The number of ketones is 2. The molecule has 0 amide bonds. The minimum atomic E-state index is -1.89. The minimum Gasteiger partial charge on any atom is -0.299 e. The SMILES string of the molecule is CC1(C)CCC(C(=O)CC(=O)C(C)(C)F)CC1. The topological polar surface area (TPSA) is 34.1 Å². The molecule has 0 aromatic carbocycles. The molecule has 0 radical (unpaired) electrons. The average Bonchev–Trinajstić information content (AvgIpc) is 2.15. The highest BCUT2D eigenvalue weighted by Crippen LogP contribution is 2.38. The van der Waals surface area contributed by atoms with E-state index in [-0.39, 0.29) is 18.1 Å². The lowest BCUT2D eigenvalue weighted by molar-refractivity contribution is -0.135. The Morgan fingerprint density at radius 1 is 1.24 bits per heavy atom. The molecular formula is C14H23FO2. The van der Waals surface area contributed by atoms with Gasteiger partial charge < -0.3 is 0 Å². The third kappa shape index (κ3) is 4.21. The van der Waals surface area contributed by atoms with Gasteiger partial charge in [0.2, 0.25) is 0 Å². The van der Waals surface area contributed by atoms with Gasteiger partial charge in [0.15, 0.2) is 11.5 Å². The lowest BCUT2D eigenvalue weighted by atomic mass is 9.71. The number of carbonyl (C=O) groups excluding carboxylic acids is 2. The standard InChI is InChI=1S/C14H23FO2/c1-13(2)7-5-10(6-8-13)11(16)9-12(17)14(3,4)15/h10H,5-9H2,1-4H3. The van der Waals surface area contributed by atoms with E-state index in [1.807, 2.05) is 0 Å². The Morgan fingerprint density at radius 3 is 2.12 bits per heavy atom. The van der Waals surface area contributed by atoms with E-state index in [2.05, 4.69) is 13.8 Å². The second-order valence-electron chi connectivity index (χ2n) is 6.48. The summed E-state index contributed by atoms with van der Waals surface area (Å²) >= 11 is 0. The molecule has 0 bridgehead atoms. The molecule has 0 unspecified atom stereocenters. The number of Topliss-reactive ketones (excluding diaryl/α,β-unsaturated/α-hetero) is 2. The Bertz CT molecular complexity index is 303. The molecule has 0 aromatic rings. The van der Waals surface area contributed by atoms with Crippen LogP contribution in [0.5, 0.6) is 0 Å². The summed E-state index contributed by atoms with van der Waals surface area (Å²) in [4.78, 5) is 23.3. The van der Waals surface area contributed by atoms with Crippen molar-refractivity contribution < 1.29 is 14.0 Å². The molecule has 1 fully saturated rings. The molecule has 1 saturated carbocycles. The molecule has 1 rings (SSSR count). The Balaban J connectivity index is 2.48. The van der Waals surface area contributed by atoms with E-state index in [4.69, 9.17) is 0 Å². The van der Waals surface area contributed by atoms with Crippen molar-refractivity contribution in [2.75, 3.05) is 0 Å². The van der Waals surface area contributed by atoms with Crippen molar-refractivity contribution >= 4 is 11.6 Å². The van der Waals surface area contributed by atoms with E-state index in [0.717, 1.165) is 25.7 Å². The number of carbonyl (C=O) groups is 2. The maximum atomic E-state index is 13.3. The molecule has 0 N–H and O–H groups in total. The second kappa shape index (κ2) is 4.87. The van der Waals surface area contributed by atoms with Crippen molar-refractivity contribution in [3.8, 4) is 0 Å². The maximum absolute atomic E-state index is 13.3. The molecule has 1 aliphatic rings. The van der Waals surface area contributed by atoms with Gasteiger partial charge >= 0.3 is 0 Å². The third-order valence-electron chi connectivity index (χ3n) is 3.79. The van der Waals surface area contributed by atoms with E-state index in [0.29, 0.717) is 5.41 Å². The average molecular weight is 242 g/mol. The molecule has 1 aliphatic carbocycles. The van der Waals surface area contributed by atoms with Crippen LogP contribution in [0.2, 0.25) is 0 Å². The Kier molecular flexibility index (Phi) is 4.11. The number of alkyl halides is 1. The van der Waals surface area contributed by atoms with Crippen molar-refractivity contribution in [3.63, 3.8) is 0 Å². The summed E-state index contributed by atoms with van der Waals surface area (Å²) in [5, 5.41) is 0. The molecule has 0 spiro atoms. The van der Waals surface area contributed by atoms with Crippen LogP contribution in [0, 0.1) is 11.3 Å². The van der Waals surface area contributed by atoms with E-state index < -0.39 is 11.5 Å². The van der Waals surface area contributed by atoms with Gasteiger partial charge in [0.05, 0.1) is 6.42 Å². The number of halogens is 1. The molecule has 17 heavy (non-hydrogen) atoms. The molecule has 2 nitrogen and oxygen atoms in total. The van der Waals surface area contributed by atoms with E-state index in [1.165, 1.54) is 13.8 Å². The molecule has 0 aliphatic heterocycles. The summed E-state index contributed by atoms with van der Waals surface area (Å²) in [7, 11) is 0. The van der Waals surface area contributed by atoms with Crippen LogP contribution in [0.15, 0.2) is 0 Å². The van der Waals surface area contributed by atoms with Gasteiger partial charge in [-0.3, -0.25) is 9.59 Å². The highest BCUT2D eigenvalue weighted by atomic mass is 19.1. The lowest BCUT2D eigenvalue weighted by Crippen LogP contribution is -2.32. The fourth-order valence-corrected chi connectivity index (χ4v) is 2.23. The van der Waals surface area contributed by atoms with Gasteiger partial charge in [-0.15, -0.1) is 0 Å². The molecule has 3 heteroatoms. The van der Waals surface area contributed by atoms with Gasteiger partial charge in [0, 0.05) is 5.92 Å². The summed E-state index contributed by atoms with van der Waals surface area (Å²) in [5.74, 6) is -0.696. The Hall–Kier alpha value is -0.730. The fraction of sp³-hybridized carbons (Fsp3) is 0.857. The summed E-state index contributed by atoms with van der Waals surface area (Å²) in [5.41, 5.74) is -1.58. The van der Waals surface area contributed by atoms with Crippen molar-refractivity contribution in [3.05, 3.63) is 0 Å².